The highest BCUT2D eigenvalue weighted by Gasteiger charge is 2.19. The summed E-state index contributed by atoms with van der Waals surface area (Å²) in [4.78, 5) is 2.40. The second-order valence-electron chi connectivity index (χ2n) is 3.60. The summed E-state index contributed by atoms with van der Waals surface area (Å²) in [7, 11) is 2.19. The molecule has 2 rings (SSSR count). The van der Waals surface area contributed by atoms with Crippen molar-refractivity contribution in [3.8, 4) is 0 Å². The van der Waals surface area contributed by atoms with Gasteiger partial charge in [0, 0.05) is 29.0 Å². The minimum atomic E-state index is 0.723. The molecule has 0 spiro atoms. The van der Waals surface area contributed by atoms with E-state index in [1.165, 1.54) is 23.6 Å². The van der Waals surface area contributed by atoms with Gasteiger partial charge in [0.2, 0.25) is 0 Å². The fraction of sp³-hybridized carbons (Fsp3) is 0.455. The van der Waals surface area contributed by atoms with Crippen LogP contribution in [0.4, 0.5) is 5.69 Å². The van der Waals surface area contributed by atoms with Crippen LogP contribution in [0.5, 0.6) is 0 Å². The summed E-state index contributed by atoms with van der Waals surface area (Å²) in [5.74, 6) is 2.58. The van der Waals surface area contributed by atoms with Crippen molar-refractivity contribution in [2.45, 2.75) is 12.5 Å². The second kappa shape index (κ2) is 4.58. The minimum absolute atomic E-state index is 0.723. The average molecular weight is 272 g/mol. The second-order valence-corrected chi connectivity index (χ2v) is 5.67. The Balaban J connectivity index is 2.09. The Kier molecular flexibility index (Phi) is 3.39. The average Bonchev–Trinajstić information content (AvgIpc) is 2.71. The molecule has 1 saturated heterocycles. The Morgan fingerprint density at radius 1 is 1.36 bits per heavy atom. The van der Waals surface area contributed by atoms with Gasteiger partial charge in [0.1, 0.15) is 0 Å². The highest BCUT2D eigenvalue weighted by Crippen LogP contribution is 2.26. The molecule has 0 aliphatic carbocycles. The molecule has 0 amide bonds. The maximum Gasteiger partial charge on any atom is 0.0385 e. The minimum Gasteiger partial charge on any atom is -0.371 e. The molecule has 1 aromatic rings. The van der Waals surface area contributed by atoms with Gasteiger partial charge in [0.05, 0.1) is 0 Å². The van der Waals surface area contributed by atoms with Crippen molar-refractivity contribution in [3.05, 3.63) is 28.7 Å². The highest BCUT2D eigenvalue weighted by molar-refractivity contribution is 9.10. The summed E-state index contributed by atoms with van der Waals surface area (Å²) >= 11 is 5.51. The fourth-order valence-electron chi connectivity index (χ4n) is 1.71. The maximum absolute atomic E-state index is 3.46. The Morgan fingerprint density at radius 3 is 2.64 bits per heavy atom. The molecule has 0 radical (unpaired) electrons. The molecule has 1 aromatic carbocycles. The summed E-state index contributed by atoms with van der Waals surface area (Å²) in [5.41, 5.74) is 1.32. The van der Waals surface area contributed by atoms with Crippen LogP contribution in [0, 0.1) is 0 Å². The van der Waals surface area contributed by atoms with E-state index in [9.17, 15) is 0 Å². The van der Waals surface area contributed by atoms with Crippen LogP contribution in [-0.2, 0) is 0 Å². The van der Waals surface area contributed by atoms with Gasteiger partial charge in [-0.25, -0.2) is 0 Å². The molecule has 1 nitrogen and oxygen atoms in total. The zero-order chi connectivity index (χ0) is 9.97. The highest BCUT2D eigenvalue weighted by atomic mass is 79.9. The molecule has 76 valence electrons. The predicted molar refractivity (Wildman–Crippen MR) is 68.3 cm³/mol. The van der Waals surface area contributed by atoms with Gasteiger partial charge in [-0.15, -0.1) is 0 Å². The molecule has 0 aromatic heterocycles. The zero-order valence-corrected chi connectivity index (χ0v) is 10.6. The van der Waals surface area contributed by atoms with E-state index < -0.39 is 0 Å². The van der Waals surface area contributed by atoms with E-state index >= 15 is 0 Å². The summed E-state index contributed by atoms with van der Waals surface area (Å²) < 4.78 is 1.15. The maximum atomic E-state index is 3.46. The first-order valence-electron chi connectivity index (χ1n) is 4.83. The number of thioether (sulfide) groups is 1. The van der Waals surface area contributed by atoms with E-state index in [0.29, 0.717) is 0 Å². The van der Waals surface area contributed by atoms with Gasteiger partial charge in [-0.05, 0) is 36.4 Å². The van der Waals surface area contributed by atoms with Crippen LogP contribution in [0.2, 0.25) is 0 Å². The normalized spacial score (nSPS) is 21.1. The molecule has 1 atom stereocenters. The molecule has 0 N–H and O–H groups in total. The van der Waals surface area contributed by atoms with E-state index in [4.69, 9.17) is 0 Å². The van der Waals surface area contributed by atoms with Gasteiger partial charge in [-0.3, -0.25) is 0 Å². The molecule has 3 heteroatoms. The van der Waals surface area contributed by atoms with Crippen LogP contribution >= 0.6 is 27.7 Å². The number of hydrogen-bond donors (Lipinski definition) is 0. The lowest BCUT2D eigenvalue weighted by atomic mass is 10.2. The van der Waals surface area contributed by atoms with Crippen molar-refractivity contribution in [2.75, 3.05) is 23.5 Å². The van der Waals surface area contributed by atoms with Gasteiger partial charge in [0.15, 0.2) is 0 Å². The number of halogens is 1. The lowest BCUT2D eigenvalue weighted by Crippen LogP contribution is -2.31. The monoisotopic (exact) mass is 271 g/mol. The van der Waals surface area contributed by atoms with Crippen LogP contribution in [0.25, 0.3) is 0 Å². The lowest BCUT2D eigenvalue weighted by Gasteiger charge is -2.25. The van der Waals surface area contributed by atoms with Crippen LogP contribution in [0.1, 0.15) is 6.42 Å². The van der Waals surface area contributed by atoms with E-state index in [2.05, 4.69) is 63.9 Å². The van der Waals surface area contributed by atoms with E-state index in [1.807, 2.05) is 0 Å². The smallest absolute Gasteiger partial charge is 0.0385 e. The summed E-state index contributed by atoms with van der Waals surface area (Å²) in [6.45, 7) is 0. The van der Waals surface area contributed by atoms with Gasteiger partial charge in [-0.2, -0.15) is 11.8 Å². The summed E-state index contributed by atoms with van der Waals surface area (Å²) in [5, 5.41) is 0. The number of benzene rings is 1. The van der Waals surface area contributed by atoms with Crippen LogP contribution in [-0.4, -0.2) is 24.6 Å². The fourth-order valence-corrected chi connectivity index (χ4v) is 3.25. The largest absolute Gasteiger partial charge is 0.371 e. The van der Waals surface area contributed by atoms with Crippen molar-refractivity contribution in [2.24, 2.45) is 0 Å². The number of nitrogens with zero attached hydrogens (tertiary/aromatic N) is 1. The van der Waals surface area contributed by atoms with Crippen molar-refractivity contribution >= 4 is 33.4 Å². The number of anilines is 1. The zero-order valence-electron chi connectivity index (χ0n) is 8.24. The Labute approximate surface area is 98.0 Å². The molecule has 1 aliphatic heterocycles. The number of hydrogen-bond acceptors (Lipinski definition) is 2. The molecule has 1 fully saturated rings. The third-order valence-electron chi connectivity index (χ3n) is 2.69. The Bertz CT molecular complexity index is 293. The van der Waals surface area contributed by atoms with Crippen molar-refractivity contribution < 1.29 is 0 Å². The summed E-state index contributed by atoms with van der Waals surface area (Å²) in [6.07, 6.45) is 1.32. The predicted octanol–water partition coefficient (Wildman–Crippen LogP) is 3.39. The van der Waals surface area contributed by atoms with E-state index in [1.54, 1.807) is 0 Å². The molecule has 0 bridgehead atoms. The van der Waals surface area contributed by atoms with Gasteiger partial charge >= 0.3 is 0 Å². The van der Waals surface area contributed by atoms with Crippen molar-refractivity contribution in [1.82, 2.24) is 0 Å². The SMILES string of the molecule is CN(c1ccc(Br)cc1)C1CCSC1. The molecular weight excluding hydrogens is 258 g/mol. The third-order valence-corrected chi connectivity index (χ3v) is 4.36. The molecule has 14 heavy (non-hydrogen) atoms. The molecule has 1 aliphatic rings. The first kappa shape index (κ1) is 10.4. The number of rotatable bonds is 2. The lowest BCUT2D eigenvalue weighted by molar-refractivity contribution is 0.700. The topological polar surface area (TPSA) is 3.24 Å². The standard InChI is InChI=1S/C11H14BrNS/c1-13(11-6-7-14-8-11)10-4-2-9(12)3-5-10/h2-5,11H,6-8H2,1H3. The Hall–Kier alpha value is -0.150. The summed E-state index contributed by atoms with van der Waals surface area (Å²) in [6, 6.07) is 9.28. The quantitative estimate of drug-likeness (QED) is 0.812. The molecular formula is C11H14BrNS. The van der Waals surface area contributed by atoms with E-state index in [0.717, 1.165) is 10.5 Å². The first-order chi connectivity index (χ1) is 6.77. The molecule has 1 heterocycles. The first-order valence-corrected chi connectivity index (χ1v) is 6.78. The Morgan fingerprint density at radius 2 is 2.07 bits per heavy atom. The van der Waals surface area contributed by atoms with Gasteiger partial charge < -0.3 is 4.90 Å². The molecule has 1 unspecified atom stereocenters. The van der Waals surface area contributed by atoms with Gasteiger partial charge in [0.25, 0.3) is 0 Å². The third kappa shape index (κ3) is 2.26. The molecule has 0 saturated carbocycles. The van der Waals surface area contributed by atoms with Crippen LogP contribution in [0.3, 0.4) is 0 Å². The van der Waals surface area contributed by atoms with Crippen LogP contribution < -0.4 is 4.90 Å². The van der Waals surface area contributed by atoms with Crippen LogP contribution in [0.15, 0.2) is 28.7 Å². The van der Waals surface area contributed by atoms with Crippen molar-refractivity contribution in [1.29, 1.82) is 0 Å². The van der Waals surface area contributed by atoms with E-state index in [-0.39, 0.29) is 0 Å². The van der Waals surface area contributed by atoms with Gasteiger partial charge in [-0.1, -0.05) is 15.9 Å². The van der Waals surface area contributed by atoms with Crippen molar-refractivity contribution in [3.63, 3.8) is 0 Å².